The summed E-state index contributed by atoms with van der Waals surface area (Å²) in [5.41, 5.74) is 5.36. The van der Waals surface area contributed by atoms with E-state index in [0.717, 1.165) is 25.9 Å². The maximum atomic E-state index is 2.60. The van der Waals surface area contributed by atoms with E-state index in [-0.39, 0.29) is 0 Å². The van der Waals surface area contributed by atoms with Crippen molar-refractivity contribution in [2.75, 3.05) is 0 Å². The van der Waals surface area contributed by atoms with Gasteiger partial charge in [-0.05, 0) is 191 Å². The Balaban J connectivity index is 0.000000130. The molecule has 0 unspecified atom stereocenters. The van der Waals surface area contributed by atoms with Crippen LogP contribution in [0.15, 0.2) is 243 Å². The van der Waals surface area contributed by atoms with Gasteiger partial charge in [-0.15, -0.1) is 0 Å². The number of nitrogens with zero attached hydrogens (tertiary/aromatic N) is 2. The highest BCUT2D eigenvalue weighted by Gasteiger charge is 2.19. The Morgan fingerprint density at radius 1 is 0.207 bits per heavy atom. The molecule has 0 radical (unpaired) electrons. The van der Waals surface area contributed by atoms with Crippen molar-refractivity contribution in [2.24, 2.45) is 0 Å². The van der Waals surface area contributed by atoms with Crippen molar-refractivity contribution in [1.82, 2.24) is 9.13 Å². The van der Waals surface area contributed by atoms with Crippen LogP contribution in [0.5, 0.6) is 0 Å². The second-order valence-corrected chi connectivity index (χ2v) is 23.2. The molecule has 18 rings (SSSR count). The van der Waals surface area contributed by atoms with E-state index in [0.29, 0.717) is 0 Å². The molecule has 0 aliphatic carbocycles. The van der Waals surface area contributed by atoms with Crippen LogP contribution >= 0.6 is 0 Å². The SMILES string of the molecule is CCCCn1c2cc3c(ccc4ccc5ccccc5c43)cc2c2cc3ccc4ccc5ccccc5c4c3cc21.CCCCn1c2cc3c(ccc4ccc5ccccc5c43)cc2c2cc3ccc4ccc5ccccc5c4c3cc21. The topological polar surface area (TPSA) is 9.86 Å². The summed E-state index contributed by atoms with van der Waals surface area (Å²) < 4.78 is 5.20. The molecule has 0 aliphatic rings. The first-order chi connectivity index (χ1) is 40.6. The lowest BCUT2D eigenvalue weighted by Gasteiger charge is -2.11. The minimum absolute atomic E-state index is 1.02. The van der Waals surface area contributed by atoms with Crippen LogP contribution in [0.3, 0.4) is 0 Å². The average molecular weight is 1050 g/mol. The van der Waals surface area contributed by atoms with Gasteiger partial charge in [-0.1, -0.05) is 221 Å². The molecule has 0 fully saturated rings. The van der Waals surface area contributed by atoms with Gasteiger partial charge in [-0.25, -0.2) is 0 Å². The van der Waals surface area contributed by atoms with Crippen molar-refractivity contribution in [3.63, 3.8) is 0 Å². The van der Waals surface area contributed by atoms with Gasteiger partial charge in [0, 0.05) is 56.7 Å². The lowest BCUT2D eigenvalue weighted by Crippen LogP contribution is -1.97. The maximum absolute atomic E-state index is 2.60. The van der Waals surface area contributed by atoms with E-state index in [1.807, 2.05) is 0 Å². The van der Waals surface area contributed by atoms with Crippen LogP contribution in [0.1, 0.15) is 39.5 Å². The molecule has 0 saturated heterocycles. The zero-order valence-corrected chi connectivity index (χ0v) is 46.2. The molecular weight excluding hydrogens is 989 g/mol. The van der Waals surface area contributed by atoms with Crippen LogP contribution in [-0.2, 0) is 13.1 Å². The monoisotopic (exact) mass is 1050 g/mol. The third-order valence-corrected chi connectivity index (χ3v) is 18.6. The normalized spacial score (nSPS) is 12.3. The fourth-order valence-electron chi connectivity index (χ4n) is 14.6. The molecule has 18 aromatic rings. The Hall–Kier alpha value is -9.76. The number of aromatic nitrogens is 2. The highest BCUT2D eigenvalue weighted by molar-refractivity contribution is 6.29. The summed E-state index contributed by atoms with van der Waals surface area (Å²) in [6, 6.07) is 91.4. The van der Waals surface area contributed by atoms with E-state index in [2.05, 4.69) is 266 Å². The molecule has 82 heavy (non-hydrogen) atoms. The molecule has 0 spiro atoms. The van der Waals surface area contributed by atoms with Gasteiger partial charge in [-0.3, -0.25) is 0 Å². The summed E-state index contributed by atoms with van der Waals surface area (Å²) in [6.45, 7) is 6.62. The molecule has 0 amide bonds. The van der Waals surface area contributed by atoms with Crippen molar-refractivity contribution in [2.45, 2.75) is 52.6 Å². The molecule has 0 aliphatic heterocycles. The predicted molar refractivity (Wildman–Crippen MR) is 359 cm³/mol. The zero-order chi connectivity index (χ0) is 54.2. The average Bonchev–Trinajstić information content (AvgIpc) is 4.13. The number of unbranched alkanes of at least 4 members (excludes halogenated alkanes) is 2. The van der Waals surface area contributed by atoms with E-state index in [4.69, 9.17) is 0 Å². The van der Waals surface area contributed by atoms with Crippen molar-refractivity contribution in [1.29, 1.82) is 0 Å². The van der Waals surface area contributed by atoms with Gasteiger partial charge >= 0.3 is 0 Å². The van der Waals surface area contributed by atoms with Crippen molar-refractivity contribution < 1.29 is 0 Å². The molecule has 0 N–H and O–H groups in total. The summed E-state index contributed by atoms with van der Waals surface area (Å²) in [5.74, 6) is 0. The van der Waals surface area contributed by atoms with Crippen molar-refractivity contribution in [3.8, 4) is 0 Å². The number of hydrogen-bond donors (Lipinski definition) is 0. The lowest BCUT2D eigenvalue weighted by atomic mass is 9.94. The summed E-state index contributed by atoms with van der Waals surface area (Å²) in [6.07, 6.45) is 4.66. The molecular formula is C80H58N2. The second kappa shape index (κ2) is 18.4. The molecule has 2 nitrogen and oxygen atoms in total. The molecule has 2 heteroatoms. The first kappa shape index (κ1) is 47.1. The number of hydrogen-bond acceptors (Lipinski definition) is 0. The van der Waals surface area contributed by atoms with E-state index in [9.17, 15) is 0 Å². The first-order valence-electron chi connectivity index (χ1n) is 29.7. The third kappa shape index (κ3) is 7.07. The van der Waals surface area contributed by atoms with Crippen LogP contribution < -0.4 is 0 Å². The van der Waals surface area contributed by atoms with Gasteiger partial charge in [0.15, 0.2) is 0 Å². The molecule has 16 aromatic carbocycles. The summed E-state index contributed by atoms with van der Waals surface area (Å²) in [5, 5.41) is 37.1. The van der Waals surface area contributed by atoms with Crippen LogP contribution in [0, 0.1) is 0 Å². The number of fused-ring (bicyclic) bond motifs is 26. The summed E-state index contributed by atoms with van der Waals surface area (Å²) in [4.78, 5) is 0. The van der Waals surface area contributed by atoms with Crippen molar-refractivity contribution >= 4 is 173 Å². The molecule has 0 bridgehead atoms. The second-order valence-electron chi connectivity index (χ2n) is 23.2. The number of benzene rings is 16. The predicted octanol–water partition coefficient (Wildman–Crippen LogP) is 23.0. The summed E-state index contributed by atoms with van der Waals surface area (Å²) >= 11 is 0. The molecule has 2 aromatic heterocycles. The summed E-state index contributed by atoms with van der Waals surface area (Å²) in [7, 11) is 0. The van der Waals surface area contributed by atoms with Crippen LogP contribution in [-0.4, -0.2) is 9.13 Å². The maximum Gasteiger partial charge on any atom is 0.0498 e. The molecule has 0 atom stereocenters. The number of aryl methyl sites for hydroxylation is 2. The Morgan fingerprint density at radius 3 is 0.671 bits per heavy atom. The van der Waals surface area contributed by atoms with Gasteiger partial charge in [0.1, 0.15) is 0 Å². The van der Waals surface area contributed by atoms with Gasteiger partial charge in [-0.2, -0.15) is 0 Å². The first-order valence-corrected chi connectivity index (χ1v) is 29.7. The highest BCUT2D eigenvalue weighted by Crippen LogP contribution is 2.44. The molecule has 388 valence electrons. The van der Waals surface area contributed by atoms with Crippen LogP contribution in [0.4, 0.5) is 0 Å². The molecule has 2 heterocycles. The van der Waals surface area contributed by atoms with Gasteiger partial charge in [0.05, 0.1) is 0 Å². The van der Waals surface area contributed by atoms with Gasteiger partial charge < -0.3 is 9.13 Å². The van der Waals surface area contributed by atoms with Crippen LogP contribution in [0.25, 0.3) is 173 Å². The Bertz CT molecular complexity index is 5030. The number of rotatable bonds is 6. The zero-order valence-electron chi connectivity index (χ0n) is 46.2. The smallest absolute Gasteiger partial charge is 0.0498 e. The minimum Gasteiger partial charge on any atom is -0.340 e. The standard InChI is InChI=1S/2C40H29N/c2*1-2-3-20-41-37-23-33-29(18-16-27-14-12-25-8-4-6-10-31(25)39(27)33)21-35(37)36-22-30-19-17-28-15-13-26-9-5-7-11-32(26)40(28)34(30)24-38(36)41/h2*4-19,21-24H,2-3,20H2,1H3. The Morgan fingerprint density at radius 2 is 0.427 bits per heavy atom. The van der Waals surface area contributed by atoms with E-state index in [1.165, 1.54) is 186 Å². The van der Waals surface area contributed by atoms with Gasteiger partial charge in [0.25, 0.3) is 0 Å². The fourth-order valence-corrected chi connectivity index (χ4v) is 14.6. The minimum atomic E-state index is 1.02. The quantitative estimate of drug-likeness (QED) is 0.147. The highest BCUT2D eigenvalue weighted by atomic mass is 15.0. The van der Waals surface area contributed by atoms with E-state index in [1.54, 1.807) is 0 Å². The molecule has 0 saturated carbocycles. The third-order valence-electron chi connectivity index (χ3n) is 18.6. The largest absolute Gasteiger partial charge is 0.340 e. The Labute approximate surface area is 474 Å². The van der Waals surface area contributed by atoms with Gasteiger partial charge in [0.2, 0.25) is 0 Å². The van der Waals surface area contributed by atoms with Crippen molar-refractivity contribution in [3.05, 3.63) is 243 Å². The van der Waals surface area contributed by atoms with Crippen LogP contribution in [0.2, 0.25) is 0 Å². The van der Waals surface area contributed by atoms with E-state index < -0.39 is 0 Å². The fraction of sp³-hybridized carbons (Fsp3) is 0.100. The Kier molecular flexibility index (Phi) is 10.6. The lowest BCUT2D eigenvalue weighted by molar-refractivity contribution is 0.665. The van der Waals surface area contributed by atoms with E-state index >= 15 is 0 Å².